The first-order valence-electron chi connectivity index (χ1n) is 13.7. The van der Waals surface area contributed by atoms with Gasteiger partial charge in [-0.3, -0.25) is 0 Å². The summed E-state index contributed by atoms with van der Waals surface area (Å²) in [6, 6.07) is 22.3. The highest BCUT2D eigenvalue weighted by molar-refractivity contribution is 5.55. The molecule has 5 heteroatoms. The van der Waals surface area contributed by atoms with E-state index in [-0.39, 0.29) is 17.7 Å². The van der Waals surface area contributed by atoms with Crippen molar-refractivity contribution in [1.29, 1.82) is 0 Å². The van der Waals surface area contributed by atoms with Gasteiger partial charge in [-0.25, -0.2) is 4.39 Å². The second kappa shape index (κ2) is 11.6. The first-order valence-corrected chi connectivity index (χ1v) is 13.7. The van der Waals surface area contributed by atoms with Crippen molar-refractivity contribution in [3.63, 3.8) is 0 Å². The molecule has 0 saturated carbocycles. The van der Waals surface area contributed by atoms with Gasteiger partial charge < -0.3 is 19.3 Å². The first kappa shape index (κ1) is 25.6. The lowest BCUT2D eigenvalue weighted by molar-refractivity contribution is 0.229. The maximum absolute atomic E-state index is 15.7. The van der Waals surface area contributed by atoms with Gasteiger partial charge in [-0.1, -0.05) is 56.3 Å². The van der Waals surface area contributed by atoms with E-state index in [0.29, 0.717) is 12.5 Å². The Morgan fingerprint density at radius 2 is 1.70 bits per heavy atom. The van der Waals surface area contributed by atoms with Gasteiger partial charge in [-0.05, 0) is 61.2 Å². The average Bonchev–Trinajstić information content (AvgIpc) is 2.95. The highest BCUT2D eigenvalue weighted by atomic mass is 19.1. The maximum atomic E-state index is 15.7. The van der Waals surface area contributed by atoms with Crippen LogP contribution in [0.4, 0.5) is 10.1 Å². The number of methoxy groups -OCH3 is 1. The minimum Gasteiger partial charge on any atom is -0.497 e. The van der Waals surface area contributed by atoms with E-state index < -0.39 is 0 Å². The standard InChI is InChI=1S/C32H39FN2O2/c1-4-34(5-2)21-23-15-17-35(18-16-23)30-14-11-25(19-29(30)33)32-27-13-12-26(36-3)20-31(27)37-22-28(32)24-9-7-6-8-10-24/h6-14,19-20,23,28,32H,4-5,15-18,21-22H2,1-3H3. The normalized spacial score (nSPS) is 20.0. The lowest BCUT2D eigenvalue weighted by atomic mass is 9.76. The Hall–Kier alpha value is -3.05. The van der Waals surface area contributed by atoms with Crippen LogP contribution in [0, 0.1) is 11.7 Å². The van der Waals surface area contributed by atoms with E-state index in [2.05, 4.69) is 60.0 Å². The van der Waals surface area contributed by atoms with E-state index in [1.807, 2.05) is 24.3 Å². The van der Waals surface area contributed by atoms with Crippen LogP contribution in [-0.4, -0.2) is 51.3 Å². The van der Waals surface area contributed by atoms with E-state index in [9.17, 15) is 0 Å². The van der Waals surface area contributed by atoms with Crippen LogP contribution >= 0.6 is 0 Å². The highest BCUT2D eigenvalue weighted by Crippen LogP contribution is 2.47. The van der Waals surface area contributed by atoms with Gasteiger partial charge in [0.05, 0.1) is 19.4 Å². The van der Waals surface area contributed by atoms with Crippen molar-refractivity contribution in [3.8, 4) is 11.5 Å². The quantitative estimate of drug-likeness (QED) is 0.342. The molecule has 0 radical (unpaired) electrons. The van der Waals surface area contributed by atoms with Crippen molar-refractivity contribution < 1.29 is 13.9 Å². The summed E-state index contributed by atoms with van der Waals surface area (Å²) in [5.41, 5.74) is 3.99. The minimum absolute atomic E-state index is 0.000382. The van der Waals surface area contributed by atoms with Gasteiger partial charge in [-0.2, -0.15) is 0 Å². The lowest BCUT2D eigenvalue weighted by Crippen LogP contribution is -2.39. The molecular weight excluding hydrogens is 463 g/mol. The molecule has 1 fully saturated rings. The van der Waals surface area contributed by atoms with Crippen LogP contribution in [-0.2, 0) is 0 Å². The van der Waals surface area contributed by atoms with Crippen molar-refractivity contribution in [2.24, 2.45) is 5.92 Å². The molecule has 0 aromatic heterocycles. The molecule has 0 amide bonds. The zero-order valence-corrected chi connectivity index (χ0v) is 22.3. The maximum Gasteiger partial charge on any atom is 0.146 e. The average molecular weight is 503 g/mol. The van der Waals surface area contributed by atoms with Gasteiger partial charge in [0.25, 0.3) is 0 Å². The van der Waals surface area contributed by atoms with E-state index in [0.717, 1.165) is 73.9 Å². The Bertz CT molecular complexity index is 1170. The molecule has 2 aliphatic heterocycles. The Balaban J connectivity index is 1.40. The minimum atomic E-state index is -0.131. The fraction of sp³-hybridized carbons (Fsp3) is 0.438. The fourth-order valence-corrected chi connectivity index (χ4v) is 6.09. The van der Waals surface area contributed by atoms with E-state index in [4.69, 9.17) is 9.47 Å². The number of benzene rings is 3. The fourth-order valence-electron chi connectivity index (χ4n) is 6.09. The summed E-state index contributed by atoms with van der Waals surface area (Å²) >= 11 is 0. The van der Waals surface area contributed by atoms with Crippen LogP contribution < -0.4 is 14.4 Å². The zero-order chi connectivity index (χ0) is 25.8. The molecule has 5 rings (SSSR count). The van der Waals surface area contributed by atoms with Crippen molar-refractivity contribution in [2.75, 3.05) is 51.3 Å². The number of hydrogen-bond acceptors (Lipinski definition) is 4. The Morgan fingerprint density at radius 1 is 0.946 bits per heavy atom. The number of fused-ring (bicyclic) bond motifs is 1. The number of piperidine rings is 1. The molecular formula is C32H39FN2O2. The predicted molar refractivity (Wildman–Crippen MR) is 149 cm³/mol. The highest BCUT2D eigenvalue weighted by Gasteiger charge is 2.34. The summed E-state index contributed by atoms with van der Waals surface area (Å²) in [5.74, 6) is 2.25. The molecule has 2 aliphatic rings. The summed E-state index contributed by atoms with van der Waals surface area (Å²) in [7, 11) is 1.66. The molecule has 0 N–H and O–H groups in total. The van der Waals surface area contributed by atoms with E-state index in [1.54, 1.807) is 13.2 Å². The number of halogens is 1. The first-order chi connectivity index (χ1) is 18.1. The zero-order valence-electron chi connectivity index (χ0n) is 22.3. The number of hydrogen-bond donors (Lipinski definition) is 0. The molecule has 3 aromatic rings. The van der Waals surface area contributed by atoms with Crippen LogP contribution in [0.3, 0.4) is 0 Å². The van der Waals surface area contributed by atoms with Gasteiger partial charge in [0, 0.05) is 43.1 Å². The second-order valence-electron chi connectivity index (χ2n) is 10.3. The molecule has 196 valence electrons. The molecule has 37 heavy (non-hydrogen) atoms. The molecule has 2 unspecified atom stereocenters. The third-order valence-electron chi connectivity index (χ3n) is 8.30. The number of nitrogens with zero attached hydrogens (tertiary/aromatic N) is 2. The van der Waals surface area contributed by atoms with Crippen LogP contribution in [0.2, 0.25) is 0 Å². The lowest BCUT2D eigenvalue weighted by Gasteiger charge is -2.37. The Kier molecular flexibility index (Phi) is 7.99. The van der Waals surface area contributed by atoms with Crippen LogP contribution in [0.1, 0.15) is 55.2 Å². The van der Waals surface area contributed by atoms with Crippen LogP contribution in [0.5, 0.6) is 11.5 Å². The summed E-state index contributed by atoms with van der Waals surface area (Å²) in [6.45, 7) is 10.2. The van der Waals surface area contributed by atoms with Gasteiger partial charge in [0.15, 0.2) is 0 Å². The molecule has 1 saturated heterocycles. The van der Waals surface area contributed by atoms with Crippen molar-refractivity contribution >= 4 is 5.69 Å². The molecule has 0 bridgehead atoms. The Labute approximate surface area is 221 Å². The SMILES string of the molecule is CCN(CC)CC1CCN(c2ccc(C3c4ccc(OC)cc4OCC3c3ccccc3)cc2F)CC1. The number of rotatable bonds is 8. The number of anilines is 1. The molecule has 0 aliphatic carbocycles. The molecule has 3 aromatic carbocycles. The summed E-state index contributed by atoms with van der Waals surface area (Å²) < 4.78 is 27.4. The van der Waals surface area contributed by atoms with Gasteiger partial charge in [-0.15, -0.1) is 0 Å². The predicted octanol–water partition coefficient (Wildman–Crippen LogP) is 6.70. The van der Waals surface area contributed by atoms with Gasteiger partial charge >= 0.3 is 0 Å². The second-order valence-corrected chi connectivity index (χ2v) is 10.3. The van der Waals surface area contributed by atoms with Crippen molar-refractivity contribution in [3.05, 3.63) is 89.2 Å². The monoisotopic (exact) mass is 502 g/mol. The van der Waals surface area contributed by atoms with E-state index in [1.165, 1.54) is 5.56 Å². The summed E-state index contributed by atoms with van der Waals surface area (Å²) in [6.07, 6.45) is 2.23. The number of ether oxygens (including phenoxy) is 2. The molecule has 2 heterocycles. The van der Waals surface area contributed by atoms with Crippen LogP contribution in [0.15, 0.2) is 66.7 Å². The smallest absolute Gasteiger partial charge is 0.146 e. The topological polar surface area (TPSA) is 24.9 Å². The van der Waals surface area contributed by atoms with Crippen LogP contribution in [0.25, 0.3) is 0 Å². The molecule has 0 spiro atoms. The third kappa shape index (κ3) is 5.47. The molecule has 2 atom stereocenters. The van der Waals surface area contributed by atoms with Gasteiger partial charge in [0.1, 0.15) is 17.3 Å². The molecule has 4 nitrogen and oxygen atoms in total. The summed E-state index contributed by atoms with van der Waals surface area (Å²) in [4.78, 5) is 4.73. The van der Waals surface area contributed by atoms with Crippen molar-refractivity contribution in [2.45, 2.75) is 38.5 Å². The Morgan fingerprint density at radius 3 is 2.38 bits per heavy atom. The summed E-state index contributed by atoms with van der Waals surface area (Å²) in [5, 5.41) is 0. The third-order valence-corrected chi connectivity index (χ3v) is 8.30. The van der Waals surface area contributed by atoms with Gasteiger partial charge in [0.2, 0.25) is 0 Å². The van der Waals surface area contributed by atoms with E-state index >= 15 is 4.39 Å². The van der Waals surface area contributed by atoms with Crippen molar-refractivity contribution in [1.82, 2.24) is 4.90 Å². The largest absolute Gasteiger partial charge is 0.497 e.